The number of likely N-dealkylation sites (tertiary alicyclic amines) is 1. The molecular weight excluding hydrogens is 368 g/mol. The number of primary sulfonamides is 1. The molecule has 2 heterocycles. The second-order valence-electron chi connectivity index (χ2n) is 6.36. The smallest absolute Gasteiger partial charge is 0.253 e. The average molecular weight is 390 g/mol. The molecule has 1 saturated heterocycles. The van der Waals surface area contributed by atoms with Crippen molar-refractivity contribution in [2.24, 2.45) is 5.14 Å². The fourth-order valence-electron chi connectivity index (χ4n) is 3.02. The van der Waals surface area contributed by atoms with Gasteiger partial charge in [0.15, 0.2) is 0 Å². The largest absolute Gasteiger partial charge is 0.497 e. The number of hydrogen-bond donors (Lipinski definition) is 2. The van der Waals surface area contributed by atoms with Crippen LogP contribution in [0.2, 0.25) is 0 Å². The Kier molecular flexibility index (Phi) is 5.62. The number of amides is 1. The Bertz CT molecular complexity index is 907. The lowest BCUT2D eigenvalue weighted by Crippen LogP contribution is -2.42. The monoisotopic (exact) mass is 390 g/mol. The first kappa shape index (κ1) is 19.1. The van der Waals surface area contributed by atoms with Gasteiger partial charge in [-0.1, -0.05) is 0 Å². The first-order valence-corrected chi connectivity index (χ1v) is 10.1. The first-order chi connectivity index (χ1) is 12.9. The SMILES string of the molecule is COc1ccnc(NC2CCN(C(=O)c3ccc(S(N)(=O)=O)cc3)CC2)c1. The van der Waals surface area contributed by atoms with Crippen molar-refractivity contribution in [2.45, 2.75) is 23.8 Å². The van der Waals surface area contributed by atoms with E-state index in [9.17, 15) is 13.2 Å². The number of benzene rings is 1. The standard InChI is InChI=1S/C18H22N4O4S/c1-26-15-6-9-20-17(12-15)21-14-7-10-22(11-8-14)18(23)13-2-4-16(5-3-13)27(19,24)25/h2-6,9,12,14H,7-8,10-11H2,1H3,(H,20,21)(H2,19,24,25). The lowest BCUT2D eigenvalue weighted by atomic mass is 10.0. The highest BCUT2D eigenvalue weighted by Gasteiger charge is 2.24. The summed E-state index contributed by atoms with van der Waals surface area (Å²) >= 11 is 0. The summed E-state index contributed by atoms with van der Waals surface area (Å²) in [5.41, 5.74) is 0.447. The van der Waals surface area contributed by atoms with Crippen LogP contribution in [-0.4, -0.2) is 50.5 Å². The molecule has 1 aromatic carbocycles. The van der Waals surface area contributed by atoms with Gasteiger partial charge in [0.25, 0.3) is 5.91 Å². The van der Waals surface area contributed by atoms with Crippen molar-refractivity contribution in [1.29, 1.82) is 0 Å². The molecule has 3 N–H and O–H groups in total. The van der Waals surface area contributed by atoms with E-state index in [4.69, 9.17) is 9.88 Å². The Labute approximate surface area is 158 Å². The molecule has 3 rings (SSSR count). The van der Waals surface area contributed by atoms with Gasteiger partial charge in [0.05, 0.1) is 12.0 Å². The molecule has 2 aromatic rings. The molecule has 9 heteroatoms. The maximum atomic E-state index is 12.6. The molecule has 0 bridgehead atoms. The predicted octanol–water partition coefficient (Wildman–Crippen LogP) is 1.45. The van der Waals surface area contributed by atoms with Gasteiger partial charge in [-0.3, -0.25) is 4.79 Å². The Morgan fingerprint density at radius 1 is 1.22 bits per heavy atom. The summed E-state index contributed by atoms with van der Waals surface area (Å²) in [7, 11) is -2.15. The van der Waals surface area contributed by atoms with Crippen LogP contribution < -0.4 is 15.2 Å². The predicted molar refractivity (Wildman–Crippen MR) is 101 cm³/mol. The van der Waals surface area contributed by atoms with Crippen LogP contribution in [-0.2, 0) is 10.0 Å². The molecule has 0 unspecified atom stereocenters. The second kappa shape index (κ2) is 7.93. The van der Waals surface area contributed by atoms with E-state index in [0.29, 0.717) is 18.7 Å². The number of methoxy groups -OCH3 is 1. The quantitative estimate of drug-likeness (QED) is 0.799. The summed E-state index contributed by atoms with van der Waals surface area (Å²) in [6.45, 7) is 1.22. The van der Waals surface area contributed by atoms with Crippen LogP contribution in [0.5, 0.6) is 5.75 Å². The summed E-state index contributed by atoms with van der Waals surface area (Å²) in [6, 6.07) is 9.53. The average Bonchev–Trinajstić information content (AvgIpc) is 2.67. The maximum Gasteiger partial charge on any atom is 0.253 e. The minimum absolute atomic E-state index is 0.00672. The molecule has 1 aromatic heterocycles. The van der Waals surface area contributed by atoms with Crippen LogP contribution in [0, 0.1) is 0 Å². The zero-order valence-electron chi connectivity index (χ0n) is 15.0. The Morgan fingerprint density at radius 3 is 2.48 bits per heavy atom. The number of carbonyl (C=O) groups is 1. The van der Waals surface area contributed by atoms with Crippen molar-refractivity contribution in [3.05, 3.63) is 48.2 Å². The van der Waals surface area contributed by atoms with Crippen LogP contribution in [0.4, 0.5) is 5.82 Å². The molecule has 8 nitrogen and oxygen atoms in total. The number of nitrogens with two attached hydrogens (primary N) is 1. The number of nitrogens with one attached hydrogen (secondary N) is 1. The topological polar surface area (TPSA) is 115 Å². The van der Waals surface area contributed by atoms with E-state index in [1.54, 1.807) is 24.3 Å². The number of hydrogen-bond acceptors (Lipinski definition) is 6. The zero-order chi connectivity index (χ0) is 19.4. The van der Waals surface area contributed by atoms with Gasteiger partial charge < -0.3 is 15.0 Å². The molecule has 1 amide bonds. The maximum absolute atomic E-state index is 12.6. The van der Waals surface area contributed by atoms with Crippen molar-refractivity contribution in [3.8, 4) is 5.75 Å². The minimum Gasteiger partial charge on any atom is -0.497 e. The molecule has 1 fully saturated rings. The van der Waals surface area contributed by atoms with Crippen molar-refractivity contribution < 1.29 is 17.9 Å². The van der Waals surface area contributed by atoms with Crippen LogP contribution in [0.15, 0.2) is 47.5 Å². The lowest BCUT2D eigenvalue weighted by Gasteiger charge is -2.32. The van der Waals surface area contributed by atoms with E-state index >= 15 is 0 Å². The van der Waals surface area contributed by atoms with Gasteiger partial charge in [0.2, 0.25) is 10.0 Å². The lowest BCUT2D eigenvalue weighted by molar-refractivity contribution is 0.0718. The molecule has 0 saturated carbocycles. The second-order valence-corrected chi connectivity index (χ2v) is 7.92. The van der Waals surface area contributed by atoms with Gasteiger partial charge in [0, 0.05) is 37.0 Å². The van der Waals surface area contributed by atoms with E-state index in [1.807, 2.05) is 6.07 Å². The van der Waals surface area contributed by atoms with Crippen LogP contribution in [0.1, 0.15) is 23.2 Å². The Hall–Kier alpha value is -2.65. The third-order valence-corrected chi connectivity index (χ3v) is 5.46. The van der Waals surface area contributed by atoms with E-state index in [1.165, 1.54) is 24.3 Å². The van der Waals surface area contributed by atoms with Gasteiger partial charge in [0.1, 0.15) is 11.6 Å². The normalized spacial score (nSPS) is 15.4. The number of piperidine rings is 1. The molecule has 0 atom stereocenters. The number of aromatic nitrogens is 1. The van der Waals surface area contributed by atoms with Crippen LogP contribution in [0.25, 0.3) is 0 Å². The fourth-order valence-corrected chi connectivity index (χ4v) is 3.54. The molecule has 0 radical (unpaired) electrons. The van der Waals surface area contributed by atoms with Crippen molar-refractivity contribution >= 4 is 21.7 Å². The summed E-state index contributed by atoms with van der Waals surface area (Å²) < 4.78 is 27.8. The summed E-state index contributed by atoms with van der Waals surface area (Å²) in [4.78, 5) is 18.6. The number of anilines is 1. The third-order valence-electron chi connectivity index (χ3n) is 4.53. The Morgan fingerprint density at radius 2 is 1.89 bits per heavy atom. The molecule has 0 aliphatic carbocycles. The van der Waals surface area contributed by atoms with Crippen molar-refractivity contribution in [1.82, 2.24) is 9.88 Å². The number of nitrogens with zero attached hydrogens (tertiary/aromatic N) is 2. The number of carbonyl (C=O) groups excluding carboxylic acids is 1. The fraction of sp³-hybridized carbons (Fsp3) is 0.333. The number of ether oxygens (including phenoxy) is 1. The third kappa shape index (κ3) is 4.75. The first-order valence-electron chi connectivity index (χ1n) is 8.55. The van der Waals surface area contributed by atoms with Crippen molar-refractivity contribution in [2.75, 3.05) is 25.5 Å². The van der Waals surface area contributed by atoms with E-state index < -0.39 is 10.0 Å². The molecule has 1 aliphatic rings. The summed E-state index contributed by atoms with van der Waals surface area (Å²) in [5.74, 6) is 1.37. The van der Waals surface area contributed by atoms with E-state index in [2.05, 4.69) is 10.3 Å². The molecule has 0 spiro atoms. The van der Waals surface area contributed by atoms with Gasteiger partial charge in [-0.05, 0) is 43.2 Å². The molecular formula is C18H22N4O4S. The van der Waals surface area contributed by atoms with Gasteiger partial charge in [-0.2, -0.15) is 0 Å². The van der Waals surface area contributed by atoms with Crippen LogP contribution in [0.3, 0.4) is 0 Å². The Balaban J connectivity index is 1.57. The highest BCUT2D eigenvalue weighted by atomic mass is 32.2. The summed E-state index contributed by atoms with van der Waals surface area (Å²) in [5, 5.41) is 8.45. The molecule has 27 heavy (non-hydrogen) atoms. The van der Waals surface area contributed by atoms with Crippen LogP contribution >= 0.6 is 0 Å². The number of rotatable bonds is 5. The van der Waals surface area contributed by atoms with Gasteiger partial charge in [-0.15, -0.1) is 0 Å². The molecule has 1 aliphatic heterocycles. The van der Waals surface area contributed by atoms with Gasteiger partial charge in [-0.25, -0.2) is 18.5 Å². The van der Waals surface area contributed by atoms with E-state index in [-0.39, 0.29) is 16.8 Å². The van der Waals surface area contributed by atoms with Crippen molar-refractivity contribution in [3.63, 3.8) is 0 Å². The highest BCUT2D eigenvalue weighted by molar-refractivity contribution is 7.89. The zero-order valence-corrected chi connectivity index (χ0v) is 15.8. The highest BCUT2D eigenvalue weighted by Crippen LogP contribution is 2.20. The number of sulfonamides is 1. The van der Waals surface area contributed by atoms with E-state index in [0.717, 1.165) is 24.4 Å². The summed E-state index contributed by atoms with van der Waals surface area (Å²) in [6.07, 6.45) is 3.27. The van der Waals surface area contributed by atoms with Gasteiger partial charge >= 0.3 is 0 Å². The number of pyridine rings is 1. The minimum atomic E-state index is -3.76. The molecule has 144 valence electrons.